The van der Waals surface area contributed by atoms with Crippen LogP contribution in [0.1, 0.15) is 29.0 Å². The van der Waals surface area contributed by atoms with Crippen molar-refractivity contribution in [3.63, 3.8) is 0 Å². The molecule has 28 heavy (non-hydrogen) atoms. The van der Waals surface area contributed by atoms with Crippen LogP contribution in [0, 0.1) is 0 Å². The van der Waals surface area contributed by atoms with Crippen molar-refractivity contribution in [3.05, 3.63) is 71.4 Å². The average molecular weight is 390 g/mol. The summed E-state index contributed by atoms with van der Waals surface area (Å²) in [5.74, 6) is -0.759. The lowest BCUT2D eigenvalue weighted by molar-refractivity contribution is -0.137. The van der Waals surface area contributed by atoms with Crippen LogP contribution in [0.2, 0.25) is 0 Å². The zero-order valence-electron chi connectivity index (χ0n) is 15.3. The lowest BCUT2D eigenvalue weighted by Crippen LogP contribution is -2.28. The SMILES string of the molecule is COCCNC(=O)C[C@@H](c1cccc(C(F)(F)F)c1)c1c[nH]c2ccccc12. The molecule has 0 saturated heterocycles. The fourth-order valence-electron chi connectivity index (χ4n) is 3.27. The molecule has 0 spiro atoms. The number of fused-ring (bicyclic) bond motifs is 1. The van der Waals surface area contributed by atoms with Crippen LogP contribution in [-0.2, 0) is 15.7 Å². The van der Waals surface area contributed by atoms with Gasteiger partial charge in [-0.25, -0.2) is 0 Å². The van der Waals surface area contributed by atoms with Crippen LogP contribution in [0.25, 0.3) is 10.9 Å². The number of methoxy groups -OCH3 is 1. The molecule has 3 aromatic rings. The number of rotatable bonds is 7. The molecule has 0 radical (unpaired) electrons. The van der Waals surface area contributed by atoms with E-state index in [9.17, 15) is 18.0 Å². The van der Waals surface area contributed by atoms with Crippen LogP contribution in [-0.4, -0.2) is 31.2 Å². The average Bonchev–Trinajstić information content (AvgIpc) is 3.10. The van der Waals surface area contributed by atoms with E-state index in [2.05, 4.69) is 10.3 Å². The number of amides is 1. The maximum Gasteiger partial charge on any atom is 0.416 e. The van der Waals surface area contributed by atoms with Gasteiger partial charge in [0.15, 0.2) is 0 Å². The van der Waals surface area contributed by atoms with E-state index in [0.717, 1.165) is 28.6 Å². The molecule has 3 rings (SSSR count). The second-order valence-electron chi connectivity index (χ2n) is 6.51. The lowest BCUT2D eigenvalue weighted by Gasteiger charge is -2.19. The second kappa shape index (κ2) is 8.48. The number of carbonyl (C=O) groups is 1. The minimum absolute atomic E-state index is 0.0346. The summed E-state index contributed by atoms with van der Waals surface area (Å²) in [5, 5.41) is 3.63. The zero-order chi connectivity index (χ0) is 20.1. The summed E-state index contributed by atoms with van der Waals surface area (Å²) in [4.78, 5) is 15.6. The van der Waals surface area contributed by atoms with Crippen LogP contribution < -0.4 is 5.32 Å². The topological polar surface area (TPSA) is 54.1 Å². The minimum atomic E-state index is -4.44. The standard InChI is InChI=1S/C21H21F3N2O2/c1-28-10-9-25-20(27)12-17(14-5-4-6-15(11-14)21(22,23)24)18-13-26-19-8-3-2-7-16(18)19/h2-8,11,13,17,26H,9-10,12H2,1H3,(H,25,27)/t17-/m0/s1. The Morgan fingerprint density at radius 2 is 1.96 bits per heavy atom. The summed E-state index contributed by atoms with van der Waals surface area (Å²) in [6.45, 7) is 0.714. The summed E-state index contributed by atoms with van der Waals surface area (Å²) in [6, 6.07) is 12.7. The number of benzene rings is 2. The van der Waals surface area contributed by atoms with Crippen molar-refractivity contribution in [2.24, 2.45) is 0 Å². The Hall–Kier alpha value is -2.80. The number of H-pyrrole nitrogens is 1. The Kier molecular flexibility index (Phi) is 6.04. The first-order chi connectivity index (χ1) is 13.4. The van der Waals surface area contributed by atoms with Gasteiger partial charge in [-0.3, -0.25) is 4.79 Å². The molecular weight excluding hydrogens is 369 g/mol. The van der Waals surface area contributed by atoms with Gasteiger partial charge < -0.3 is 15.0 Å². The van der Waals surface area contributed by atoms with E-state index in [1.54, 1.807) is 12.3 Å². The van der Waals surface area contributed by atoms with Gasteiger partial charge >= 0.3 is 6.18 Å². The van der Waals surface area contributed by atoms with Crippen LogP contribution in [0.5, 0.6) is 0 Å². The maximum atomic E-state index is 13.2. The number of para-hydroxylation sites is 1. The van der Waals surface area contributed by atoms with Gasteiger partial charge in [0.2, 0.25) is 5.91 Å². The van der Waals surface area contributed by atoms with E-state index >= 15 is 0 Å². The fourth-order valence-corrected chi connectivity index (χ4v) is 3.27. The summed E-state index contributed by atoms with van der Waals surface area (Å²) < 4.78 is 44.5. The monoisotopic (exact) mass is 390 g/mol. The van der Waals surface area contributed by atoms with Crippen molar-refractivity contribution >= 4 is 16.8 Å². The van der Waals surface area contributed by atoms with E-state index in [0.29, 0.717) is 18.7 Å². The van der Waals surface area contributed by atoms with Crippen molar-refractivity contribution < 1.29 is 22.7 Å². The normalized spacial score (nSPS) is 12.9. The number of ether oxygens (including phenoxy) is 1. The molecule has 1 heterocycles. The minimum Gasteiger partial charge on any atom is -0.383 e. The molecule has 4 nitrogen and oxygen atoms in total. The molecule has 1 atom stereocenters. The molecule has 0 fully saturated rings. The first-order valence-corrected chi connectivity index (χ1v) is 8.89. The highest BCUT2D eigenvalue weighted by molar-refractivity contribution is 5.86. The van der Waals surface area contributed by atoms with Gasteiger partial charge in [-0.2, -0.15) is 13.2 Å². The van der Waals surface area contributed by atoms with Crippen LogP contribution in [0.15, 0.2) is 54.7 Å². The summed E-state index contributed by atoms with van der Waals surface area (Å²) in [6.07, 6.45) is -2.65. The van der Waals surface area contributed by atoms with Gasteiger partial charge in [-0.15, -0.1) is 0 Å². The highest BCUT2D eigenvalue weighted by Crippen LogP contribution is 2.36. The number of carbonyl (C=O) groups excluding carboxylic acids is 1. The van der Waals surface area contributed by atoms with Crippen molar-refractivity contribution in [1.82, 2.24) is 10.3 Å². The van der Waals surface area contributed by atoms with E-state index in [4.69, 9.17) is 4.74 Å². The fraction of sp³-hybridized carbons (Fsp3) is 0.286. The zero-order valence-corrected chi connectivity index (χ0v) is 15.3. The number of nitrogens with one attached hydrogen (secondary N) is 2. The molecular formula is C21H21F3N2O2. The Morgan fingerprint density at radius 1 is 1.18 bits per heavy atom. The van der Waals surface area contributed by atoms with Gasteiger partial charge in [-0.1, -0.05) is 36.4 Å². The smallest absolute Gasteiger partial charge is 0.383 e. The number of aromatic nitrogens is 1. The Morgan fingerprint density at radius 3 is 2.71 bits per heavy atom. The highest BCUT2D eigenvalue weighted by atomic mass is 19.4. The third-order valence-corrected chi connectivity index (χ3v) is 4.63. The molecule has 0 aliphatic heterocycles. The van der Waals surface area contributed by atoms with Gasteiger partial charge in [0.05, 0.1) is 12.2 Å². The molecule has 1 aromatic heterocycles. The molecule has 0 aliphatic carbocycles. The molecule has 2 aromatic carbocycles. The predicted octanol–water partition coefficient (Wildman–Crippen LogP) is 4.47. The summed E-state index contributed by atoms with van der Waals surface area (Å²) in [7, 11) is 1.53. The van der Waals surface area contributed by atoms with Crippen molar-refractivity contribution in [2.45, 2.75) is 18.5 Å². The van der Waals surface area contributed by atoms with Crippen molar-refractivity contribution in [2.75, 3.05) is 20.3 Å². The molecule has 148 valence electrons. The second-order valence-corrected chi connectivity index (χ2v) is 6.51. The first-order valence-electron chi connectivity index (χ1n) is 8.89. The van der Waals surface area contributed by atoms with Gasteiger partial charge in [0.1, 0.15) is 0 Å². The maximum absolute atomic E-state index is 13.2. The predicted molar refractivity (Wildman–Crippen MR) is 101 cm³/mol. The largest absolute Gasteiger partial charge is 0.416 e. The van der Waals surface area contributed by atoms with E-state index in [-0.39, 0.29) is 12.3 Å². The Labute approximate surface area is 160 Å². The summed E-state index contributed by atoms with van der Waals surface area (Å²) in [5.41, 5.74) is 1.38. The Bertz CT molecular complexity index is 950. The number of hydrogen-bond acceptors (Lipinski definition) is 2. The van der Waals surface area contributed by atoms with Crippen molar-refractivity contribution in [1.29, 1.82) is 0 Å². The number of halogens is 3. The first kappa shape index (κ1) is 19.9. The van der Waals surface area contributed by atoms with Crippen molar-refractivity contribution in [3.8, 4) is 0 Å². The van der Waals surface area contributed by atoms with Crippen LogP contribution in [0.4, 0.5) is 13.2 Å². The van der Waals surface area contributed by atoms with E-state index in [1.807, 2.05) is 24.3 Å². The Balaban J connectivity index is 1.99. The molecule has 7 heteroatoms. The molecule has 1 amide bonds. The van der Waals surface area contributed by atoms with Gasteiger partial charge in [0.25, 0.3) is 0 Å². The number of aromatic amines is 1. The third-order valence-electron chi connectivity index (χ3n) is 4.63. The molecule has 2 N–H and O–H groups in total. The highest BCUT2D eigenvalue weighted by Gasteiger charge is 2.31. The van der Waals surface area contributed by atoms with Crippen LogP contribution >= 0.6 is 0 Å². The lowest BCUT2D eigenvalue weighted by atomic mass is 9.87. The summed E-state index contributed by atoms with van der Waals surface area (Å²) >= 11 is 0. The van der Waals surface area contributed by atoms with E-state index < -0.39 is 17.7 Å². The van der Waals surface area contributed by atoms with Crippen LogP contribution in [0.3, 0.4) is 0 Å². The third kappa shape index (κ3) is 4.54. The molecule has 0 bridgehead atoms. The van der Waals surface area contributed by atoms with Gasteiger partial charge in [-0.05, 0) is 23.3 Å². The molecule has 0 unspecified atom stereocenters. The van der Waals surface area contributed by atoms with Gasteiger partial charge in [0, 0.05) is 43.1 Å². The molecule has 0 saturated carbocycles. The quantitative estimate of drug-likeness (QED) is 0.585. The van der Waals surface area contributed by atoms with E-state index in [1.165, 1.54) is 13.2 Å². The number of alkyl halides is 3. The molecule has 0 aliphatic rings. The number of hydrogen-bond donors (Lipinski definition) is 2.